The Labute approximate surface area is 106 Å². The molecule has 1 N–H and O–H groups in total. The molecule has 0 bridgehead atoms. The Kier molecular flexibility index (Phi) is 4.16. The monoisotopic (exact) mass is 249 g/mol. The quantitative estimate of drug-likeness (QED) is 0.861. The number of aliphatic carboxylic acids is 1. The Morgan fingerprint density at radius 1 is 1.39 bits per heavy atom. The highest BCUT2D eigenvalue weighted by molar-refractivity contribution is 5.78. The number of carboxylic acid groups (broad SMARTS) is 1. The van der Waals surface area contributed by atoms with Crippen molar-refractivity contribution in [3.8, 4) is 17.6 Å². The molecule has 1 atom stereocenters. The molecular formula is C13H15NO4. The van der Waals surface area contributed by atoms with Crippen molar-refractivity contribution in [3.05, 3.63) is 23.8 Å². The van der Waals surface area contributed by atoms with Gasteiger partial charge in [-0.2, -0.15) is 5.26 Å². The molecule has 0 heterocycles. The molecule has 96 valence electrons. The Hall–Kier alpha value is -2.22. The average Bonchev–Trinajstić information content (AvgIpc) is 2.38. The summed E-state index contributed by atoms with van der Waals surface area (Å²) in [4.78, 5) is 11.1. The van der Waals surface area contributed by atoms with Gasteiger partial charge in [-0.05, 0) is 24.6 Å². The summed E-state index contributed by atoms with van der Waals surface area (Å²) in [5, 5.41) is 18.0. The predicted octanol–water partition coefficient (Wildman–Crippen LogP) is 1.86. The van der Waals surface area contributed by atoms with Crippen LogP contribution in [0.15, 0.2) is 18.2 Å². The molecule has 0 spiro atoms. The van der Waals surface area contributed by atoms with Gasteiger partial charge in [0.2, 0.25) is 0 Å². The first-order chi connectivity index (χ1) is 8.46. The zero-order valence-corrected chi connectivity index (χ0v) is 10.6. The molecule has 0 aliphatic carbocycles. The fourth-order valence-electron chi connectivity index (χ4n) is 1.56. The summed E-state index contributed by atoms with van der Waals surface area (Å²) in [6.07, 6.45) is 0.110. The van der Waals surface area contributed by atoms with E-state index in [9.17, 15) is 4.79 Å². The van der Waals surface area contributed by atoms with Crippen molar-refractivity contribution in [3.63, 3.8) is 0 Å². The van der Waals surface area contributed by atoms with Gasteiger partial charge in [0.15, 0.2) is 16.9 Å². The van der Waals surface area contributed by atoms with Gasteiger partial charge in [0.1, 0.15) is 0 Å². The van der Waals surface area contributed by atoms with Crippen LogP contribution in [-0.4, -0.2) is 25.3 Å². The zero-order valence-electron chi connectivity index (χ0n) is 10.6. The maximum atomic E-state index is 11.1. The van der Waals surface area contributed by atoms with E-state index in [-0.39, 0.29) is 6.42 Å². The molecule has 0 amide bonds. The Morgan fingerprint density at radius 2 is 2.00 bits per heavy atom. The predicted molar refractivity (Wildman–Crippen MR) is 64.6 cm³/mol. The van der Waals surface area contributed by atoms with Gasteiger partial charge in [-0.15, -0.1) is 0 Å². The van der Waals surface area contributed by atoms with Crippen molar-refractivity contribution in [1.82, 2.24) is 0 Å². The second kappa shape index (κ2) is 5.41. The first kappa shape index (κ1) is 13.8. The summed E-state index contributed by atoms with van der Waals surface area (Å²) in [5.74, 6) is -0.0595. The topological polar surface area (TPSA) is 79.5 Å². The van der Waals surface area contributed by atoms with E-state index < -0.39 is 11.4 Å². The van der Waals surface area contributed by atoms with E-state index in [1.54, 1.807) is 18.2 Å². The van der Waals surface area contributed by atoms with Crippen LogP contribution in [0.3, 0.4) is 0 Å². The third-order valence-corrected chi connectivity index (χ3v) is 2.72. The molecule has 0 aliphatic rings. The van der Waals surface area contributed by atoms with E-state index in [1.165, 1.54) is 21.1 Å². The number of rotatable bonds is 5. The maximum Gasteiger partial charge on any atom is 0.324 e. The molecule has 0 aliphatic heterocycles. The summed E-state index contributed by atoms with van der Waals surface area (Å²) in [6, 6.07) is 6.91. The van der Waals surface area contributed by atoms with E-state index in [4.69, 9.17) is 19.8 Å². The van der Waals surface area contributed by atoms with Crippen molar-refractivity contribution in [1.29, 1.82) is 5.26 Å². The van der Waals surface area contributed by atoms with E-state index >= 15 is 0 Å². The van der Waals surface area contributed by atoms with Crippen LogP contribution in [0.25, 0.3) is 0 Å². The summed E-state index contributed by atoms with van der Waals surface area (Å²) in [7, 11) is 3.02. The average molecular weight is 249 g/mol. The Morgan fingerprint density at radius 3 is 2.44 bits per heavy atom. The van der Waals surface area contributed by atoms with Crippen molar-refractivity contribution >= 4 is 5.97 Å². The fraction of sp³-hybridized carbons (Fsp3) is 0.385. The molecule has 1 aromatic rings. The van der Waals surface area contributed by atoms with Crippen LogP contribution in [0.2, 0.25) is 0 Å². The van der Waals surface area contributed by atoms with Crippen LogP contribution in [0, 0.1) is 16.7 Å². The normalized spacial score (nSPS) is 13.2. The molecule has 1 aromatic carbocycles. The molecule has 5 heteroatoms. The third-order valence-electron chi connectivity index (χ3n) is 2.72. The van der Waals surface area contributed by atoms with Crippen molar-refractivity contribution < 1.29 is 19.4 Å². The highest BCUT2D eigenvalue weighted by Crippen LogP contribution is 2.30. The second-order valence-electron chi connectivity index (χ2n) is 4.12. The van der Waals surface area contributed by atoms with Crippen LogP contribution >= 0.6 is 0 Å². The highest BCUT2D eigenvalue weighted by atomic mass is 16.5. The second-order valence-corrected chi connectivity index (χ2v) is 4.12. The van der Waals surface area contributed by atoms with Gasteiger partial charge in [-0.25, -0.2) is 0 Å². The first-order valence-corrected chi connectivity index (χ1v) is 5.32. The number of benzene rings is 1. The Balaban J connectivity index is 3.06. The summed E-state index contributed by atoms with van der Waals surface area (Å²) >= 11 is 0. The molecule has 0 saturated carbocycles. The van der Waals surface area contributed by atoms with Crippen molar-refractivity contribution in [2.24, 2.45) is 5.41 Å². The molecule has 0 saturated heterocycles. The van der Waals surface area contributed by atoms with E-state index in [1.807, 2.05) is 6.07 Å². The van der Waals surface area contributed by atoms with E-state index in [0.29, 0.717) is 17.1 Å². The number of carboxylic acids is 1. The first-order valence-electron chi connectivity index (χ1n) is 5.32. The SMILES string of the molecule is COc1ccc(CC(C)(C#N)C(=O)O)cc1OC. The van der Waals surface area contributed by atoms with Gasteiger partial charge < -0.3 is 14.6 Å². The van der Waals surface area contributed by atoms with Crippen LogP contribution in [0.5, 0.6) is 11.5 Å². The van der Waals surface area contributed by atoms with Gasteiger partial charge in [0.25, 0.3) is 0 Å². The maximum absolute atomic E-state index is 11.1. The van der Waals surface area contributed by atoms with E-state index in [0.717, 1.165) is 0 Å². The molecule has 1 rings (SSSR count). The number of hydrogen-bond acceptors (Lipinski definition) is 4. The lowest BCUT2D eigenvalue weighted by Gasteiger charge is -2.17. The zero-order chi connectivity index (χ0) is 13.8. The smallest absolute Gasteiger partial charge is 0.324 e. The standard InChI is InChI=1S/C13H15NO4/c1-13(8-14,12(15)16)7-9-4-5-10(17-2)11(6-9)18-3/h4-6H,7H2,1-3H3,(H,15,16). The van der Waals surface area contributed by atoms with Crippen LogP contribution in [0.4, 0.5) is 0 Å². The lowest BCUT2D eigenvalue weighted by molar-refractivity contribution is -0.144. The van der Waals surface area contributed by atoms with Crippen LogP contribution < -0.4 is 9.47 Å². The molecule has 1 unspecified atom stereocenters. The summed E-state index contributed by atoms with van der Waals surface area (Å²) in [5.41, 5.74) is -0.737. The number of methoxy groups -OCH3 is 2. The number of nitrogens with zero attached hydrogens (tertiary/aromatic N) is 1. The summed E-state index contributed by atoms with van der Waals surface area (Å²) in [6.45, 7) is 1.39. The number of ether oxygens (including phenoxy) is 2. The fourth-order valence-corrected chi connectivity index (χ4v) is 1.56. The third kappa shape index (κ3) is 2.72. The number of carbonyl (C=O) groups is 1. The lowest BCUT2D eigenvalue weighted by Crippen LogP contribution is -2.28. The molecule has 0 radical (unpaired) electrons. The number of nitriles is 1. The van der Waals surface area contributed by atoms with Crippen molar-refractivity contribution in [2.45, 2.75) is 13.3 Å². The summed E-state index contributed by atoms with van der Waals surface area (Å²) < 4.78 is 10.2. The van der Waals surface area contributed by atoms with Crippen LogP contribution in [-0.2, 0) is 11.2 Å². The van der Waals surface area contributed by atoms with Gasteiger partial charge in [-0.3, -0.25) is 4.79 Å². The highest BCUT2D eigenvalue weighted by Gasteiger charge is 2.33. The molecule has 0 fully saturated rings. The van der Waals surface area contributed by atoms with Crippen molar-refractivity contribution in [2.75, 3.05) is 14.2 Å². The number of hydrogen-bond donors (Lipinski definition) is 1. The minimum Gasteiger partial charge on any atom is -0.493 e. The Bertz CT molecular complexity index is 492. The van der Waals surface area contributed by atoms with Gasteiger partial charge in [0.05, 0.1) is 20.3 Å². The van der Waals surface area contributed by atoms with Gasteiger partial charge >= 0.3 is 5.97 Å². The van der Waals surface area contributed by atoms with Gasteiger partial charge in [0, 0.05) is 6.42 Å². The molecule has 5 nitrogen and oxygen atoms in total. The molecule has 18 heavy (non-hydrogen) atoms. The minimum absolute atomic E-state index is 0.110. The minimum atomic E-state index is -1.44. The van der Waals surface area contributed by atoms with Gasteiger partial charge in [-0.1, -0.05) is 6.07 Å². The molecular weight excluding hydrogens is 234 g/mol. The van der Waals surface area contributed by atoms with E-state index in [2.05, 4.69) is 0 Å². The van der Waals surface area contributed by atoms with Crippen LogP contribution in [0.1, 0.15) is 12.5 Å². The largest absolute Gasteiger partial charge is 0.493 e. The molecule has 0 aromatic heterocycles. The lowest BCUT2D eigenvalue weighted by atomic mass is 9.85.